The molecule has 6 unspecified atom stereocenters. The summed E-state index contributed by atoms with van der Waals surface area (Å²) in [5, 5.41) is 0. The lowest BCUT2D eigenvalue weighted by molar-refractivity contribution is -0.134. The molecule has 390 valence electrons. The summed E-state index contributed by atoms with van der Waals surface area (Å²) in [6.45, 7) is 15.8. The molecule has 8 heteroatoms. The maximum Gasteiger partial charge on any atom is 0.225 e. The Bertz CT molecular complexity index is 2520. The maximum atomic E-state index is 12.7. The predicted octanol–water partition coefficient (Wildman–Crippen LogP) is 13.2. The first-order valence-electron chi connectivity index (χ1n) is 26.9. The number of benzene rings is 5. The van der Waals surface area contributed by atoms with Crippen LogP contribution in [0.1, 0.15) is 164 Å². The summed E-state index contributed by atoms with van der Waals surface area (Å²) in [4.78, 5) is 55.7. The van der Waals surface area contributed by atoms with Crippen LogP contribution in [0.2, 0.25) is 0 Å². The van der Waals surface area contributed by atoms with Crippen LogP contribution in [0.5, 0.6) is 0 Å². The van der Waals surface area contributed by atoms with Crippen LogP contribution in [0, 0.1) is 40.5 Å². The lowest BCUT2D eigenvalue weighted by Gasteiger charge is -2.42. The largest absolute Gasteiger partial charge is 0.349 e. The molecule has 0 heterocycles. The van der Waals surface area contributed by atoms with Gasteiger partial charge >= 0.3 is 0 Å². The number of carbonyl (C=O) groups is 4. The van der Waals surface area contributed by atoms with Crippen LogP contribution in [0.4, 0.5) is 0 Å². The van der Waals surface area contributed by atoms with E-state index in [9.17, 15) is 19.2 Å². The van der Waals surface area contributed by atoms with Crippen molar-refractivity contribution in [3.05, 3.63) is 177 Å². The van der Waals surface area contributed by atoms with E-state index in [1.807, 2.05) is 49.9 Å². The van der Waals surface area contributed by atoms with Crippen molar-refractivity contribution in [2.75, 3.05) is 35.2 Å². The Morgan fingerprint density at radius 2 is 0.548 bits per heavy atom. The van der Waals surface area contributed by atoms with Gasteiger partial charge in [0.25, 0.3) is 0 Å². The molecule has 0 aromatic heterocycles. The molecule has 0 saturated heterocycles. The predicted molar refractivity (Wildman–Crippen MR) is 300 cm³/mol. The van der Waals surface area contributed by atoms with Gasteiger partial charge in [-0.2, -0.15) is 0 Å². The molecule has 0 bridgehead atoms. The molecule has 5 aromatic carbocycles. The number of carbonyl (C=O) groups excluding carboxylic acids is 4. The monoisotopic (exact) mass is 987 g/mol. The van der Waals surface area contributed by atoms with Crippen molar-refractivity contribution < 1.29 is 19.2 Å². The molecule has 4 amide bonds. The van der Waals surface area contributed by atoms with Crippen LogP contribution in [0.25, 0.3) is 0 Å². The molecule has 0 N–H and O–H groups in total. The molecule has 73 heavy (non-hydrogen) atoms. The summed E-state index contributed by atoms with van der Waals surface area (Å²) < 4.78 is 0. The average molecular weight is 987 g/mol. The molecule has 0 spiro atoms. The van der Waals surface area contributed by atoms with Crippen molar-refractivity contribution in [3.8, 4) is 0 Å². The first-order chi connectivity index (χ1) is 34.7. The highest BCUT2D eigenvalue weighted by molar-refractivity contribution is 5.79. The van der Waals surface area contributed by atoms with Crippen molar-refractivity contribution in [2.45, 2.75) is 161 Å². The normalized spacial score (nSPS) is 23.5. The molecule has 3 saturated carbocycles. The molecule has 3 aliphatic carbocycles. The standard InChI is InChI=1S/2C23H29NO.C19H28N2O2/c1-16-9-5-7-11-21(16)18-13-19(22-12-8-6-10-17(22)2)15-20(14-18)23(25)24(3)4;1-16-9-5-7-11-22(16)19-13-20(23-12-8-6-10-17(23)2)15-21(14-19)24(4)18(3)25;1-13-8-6-7-9-19(13)16-10-17(20(4)14(2)22)12-18(11-16)21(5)15(3)23/h5-12,18-20H,13-15H2,1-4H3;5-12,19-21H,13-15H2,1-4H3;6-9,16-18H,10-12H2,1-5H3. The first-order valence-corrected chi connectivity index (χ1v) is 26.9. The van der Waals surface area contributed by atoms with Crippen LogP contribution < -0.4 is 0 Å². The smallest absolute Gasteiger partial charge is 0.225 e. The van der Waals surface area contributed by atoms with E-state index in [-0.39, 0.29) is 41.6 Å². The molecule has 6 atom stereocenters. The van der Waals surface area contributed by atoms with E-state index in [2.05, 4.69) is 156 Å². The molecular formula is C65H86N4O4. The minimum Gasteiger partial charge on any atom is -0.349 e. The highest BCUT2D eigenvalue weighted by Crippen LogP contribution is 2.47. The summed E-state index contributed by atoms with van der Waals surface area (Å²) in [5.41, 5.74) is 13.8. The second-order valence-electron chi connectivity index (χ2n) is 22.2. The van der Waals surface area contributed by atoms with Crippen LogP contribution in [-0.4, -0.2) is 96.6 Å². The number of hydrogen-bond donors (Lipinski definition) is 0. The molecule has 0 aliphatic heterocycles. The van der Waals surface area contributed by atoms with Crippen molar-refractivity contribution in [1.82, 2.24) is 19.6 Å². The Morgan fingerprint density at radius 1 is 0.329 bits per heavy atom. The third-order valence-corrected chi connectivity index (χ3v) is 17.1. The third-order valence-electron chi connectivity index (χ3n) is 17.1. The first kappa shape index (κ1) is 56.3. The number of amides is 4. The number of aryl methyl sites for hydroxylation is 5. The van der Waals surface area contributed by atoms with Gasteiger partial charge in [-0.05, 0) is 178 Å². The van der Waals surface area contributed by atoms with Gasteiger partial charge in [0.1, 0.15) is 0 Å². The van der Waals surface area contributed by atoms with Gasteiger partial charge < -0.3 is 19.6 Å². The van der Waals surface area contributed by atoms with Gasteiger partial charge in [0, 0.05) is 80.1 Å². The highest BCUT2D eigenvalue weighted by atomic mass is 16.2. The van der Waals surface area contributed by atoms with Gasteiger partial charge in [0.15, 0.2) is 0 Å². The summed E-state index contributed by atoms with van der Waals surface area (Å²) in [6.07, 6.45) is 9.12. The third kappa shape index (κ3) is 14.4. The Balaban J connectivity index is 0.000000179. The summed E-state index contributed by atoms with van der Waals surface area (Å²) in [5.74, 6) is 3.02. The van der Waals surface area contributed by atoms with E-state index in [0.717, 1.165) is 57.8 Å². The Kier molecular flexibility index (Phi) is 19.9. The zero-order valence-electron chi connectivity index (χ0n) is 46.5. The fourth-order valence-electron chi connectivity index (χ4n) is 12.6. The number of rotatable bonds is 9. The molecule has 8 rings (SSSR count). The van der Waals surface area contributed by atoms with Crippen LogP contribution >= 0.6 is 0 Å². The lowest BCUT2D eigenvalue weighted by Crippen LogP contribution is -2.48. The molecule has 8 nitrogen and oxygen atoms in total. The topological polar surface area (TPSA) is 81.2 Å². The van der Waals surface area contributed by atoms with Crippen molar-refractivity contribution in [3.63, 3.8) is 0 Å². The Morgan fingerprint density at radius 3 is 0.781 bits per heavy atom. The van der Waals surface area contributed by atoms with Crippen molar-refractivity contribution >= 4 is 23.6 Å². The molecule has 3 fully saturated rings. The van der Waals surface area contributed by atoms with Crippen LogP contribution in [0.3, 0.4) is 0 Å². The Hall–Kier alpha value is -6.02. The minimum atomic E-state index is 0.0876. The molecule has 5 aromatic rings. The lowest BCUT2D eigenvalue weighted by atomic mass is 9.69. The second-order valence-corrected chi connectivity index (χ2v) is 22.2. The quantitative estimate of drug-likeness (QED) is 0.147. The van der Waals surface area contributed by atoms with Gasteiger partial charge in [0.05, 0.1) is 0 Å². The zero-order chi connectivity index (χ0) is 53.1. The van der Waals surface area contributed by atoms with Crippen molar-refractivity contribution in [1.29, 1.82) is 0 Å². The summed E-state index contributed by atoms with van der Waals surface area (Å²) in [7, 11) is 9.46. The van der Waals surface area contributed by atoms with Gasteiger partial charge in [-0.1, -0.05) is 121 Å². The van der Waals surface area contributed by atoms with Gasteiger partial charge in [-0.15, -0.1) is 0 Å². The zero-order valence-corrected chi connectivity index (χ0v) is 46.5. The molecular weight excluding hydrogens is 901 g/mol. The van der Waals surface area contributed by atoms with E-state index >= 15 is 0 Å². The van der Waals surface area contributed by atoms with E-state index in [1.54, 1.807) is 25.7 Å². The van der Waals surface area contributed by atoms with Crippen LogP contribution in [-0.2, 0) is 19.2 Å². The summed E-state index contributed by atoms with van der Waals surface area (Å²) in [6, 6.07) is 43.9. The minimum absolute atomic E-state index is 0.0876. The van der Waals surface area contributed by atoms with E-state index < -0.39 is 0 Å². The van der Waals surface area contributed by atoms with E-state index in [1.165, 1.54) is 55.6 Å². The second kappa shape index (κ2) is 25.8. The fourth-order valence-corrected chi connectivity index (χ4v) is 12.6. The van der Waals surface area contributed by atoms with Crippen molar-refractivity contribution in [2.24, 2.45) is 5.92 Å². The van der Waals surface area contributed by atoms with E-state index in [4.69, 9.17) is 0 Å². The van der Waals surface area contributed by atoms with E-state index in [0.29, 0.717) is 35.6 Å². The van der Waals surface area contributed by atoms with Gasteiger partial charge in [-0.3, -0.25) is 19.2 Å². The van der Waals surface area contributed by atoms with Gasteiger partial charge in [0.2, 0.25) is 23.6 Å². The average Bonchev–Trinajstić information content (AvgIpc) is 3.38. The maximum absolute atomic E-state index is 12.7. The highest BCUT2D eigenvalue weighted by Gasteiger charge is 2.38. The molecule has 3 aliphatic rings. The Labute approximate surface area is 439 Å². The SMILES string of the molecule is CC(=O)N(C)C1CC(c2ccccc2C)CC(N(C)C(C)=O)C1.CC(=O)N(C)C1CC(c2ccccc2C)CC(c2ccccc2C)C1.Cc1ccccc1C1CC(C(=O)N(C)C)CC(c2ccccc2C)C1. The number of nitrogens with zero attached hydrogens (tertiary/aromatic N) is 4. The van der Waals surface area contributed by atoms with Gasteiger partial charge in [-0.25, -0.2) is 0 Å². The van der Waals surface area contributed by atoms with Crippen LogP contribution in [0.15, 0.2) is 121 Å². The summed E-state index contributed by atoms with van der Waals surface area (Å²) >= 11 is 0. The fraction of sp³-hybridized carbons (Fsp3) is 0.477. The number of hydrogen-bond acceptors (Lipinski definition) is 4. The molecule has 0 radical (unpaired) electrons.